The summed E-state index contributed by atoms with van der Waals surface area (Å²) in [4.78, 5) is 23.8. The molecule has 6 heteroatoms. The van der Waals surface area contributed by atoms with Gasteiger partial charge in [0.05, 0.1) is 11.7 Å². The lowest BCUT2D eigenvalue weighted by atomic mass is 10.2. The molecular formula is C16H19N5O. The van der Waals surface area contributed by atoms with E-state index in [1.54, 1.807) is 12.4 Å². The van der Waals surface area contributed by atoms with Crippen molar-refractivity contribution < 1.29 is 4.79 Å². The number of nitrogens with zero attached hydrogens (tertiary/aromatic N) is 3. The summed E-state index contributed by atoms with van der Waals surface area (Å²) in [5.41, 5.74) is 0.956. The summed E-state index contributed by atoms with van der Waals surface area (Å²) in [6.07, 6.45) is 8.50. The van der Waals surface area contributed by atoms with Gasteiger partial charge in [0.15, 0.2) is 0 Å². The summed E-state index contributed by atoms with van der Waals surface area (Å²) in [7, 11) is 0. The van der Waals surface area contributed by atoms with E-state index in [9.17, 15) is 4.79 Å². The van der Waals surface area contributed by atoms with E-state index in [4.69, 9.17) is 0 Å². The van der Waals surface area contributed by atoms with Crippen molar-refractivity contribution in [3.05, 3.63) is 42.7 Å². The van der Waals surface area contributed by atoms with Crippen LogP contribution >= 0.6 is 0 Å². The Kier molecular flexibility index (Phi) is 3.91. The highest BCUT2D eigenvalue weighted by molar-refractivity contribution is 5.92. The van der Waals surface area contributed by atoms with Gasteiger partial charge in [-0.15, -0.1) is 0 Å². The fourth-order valence-corrected chi connectivity index (χ4v) is 2.60. The van der Waals surface area contributed by atoms with Crippen LogP contribution in [-0.2, 0) is 11.2 Å². The van der Waals surface area contributed by atoms with Gasteiger partial charge in [-0.3, -0.25) is 4.79 Å². The second-order valence-corrected chi connectivity index (χ2v) is 5.34. The van der Waals surface area contributed by atoms with Crippen molar-refractivity contribution in [2.45, 2.75) is 32.7 Å². The van der Waals surface area contributed by atoms with Crippen LogP contribution in [0.2, 0.25) is 0 Å². The monoisotopic (exact) mass is 297 g/mol. The zero-order chi connectivity index (χ0) is 15.5. The van der Waals surface area contributed by atoms with Gasteiger partial charge in [-0.2, -0.15) is 0 Å². The molecule has 1 unspecified atom stereocenters. The lowest BCUT2D eigenvalue weighted by molar-refractivity contribution is -0.116. The summed E-state index contributed by atoms with van der Waals surface area (Å²) < 4.78 is 2.04. The molecule has 0 bridgehead atoms. The average molecular weight is 297 g/mol. The maximum absolute atomic E-state index is 12.2. The minimum Gasteiger partial charge on any atom is -0.360 e. The molecule has 0 aliphatic rings. The van der Waals surface area contributed by atoms with Crippen LogP contribution in [0.3, 0.4) is 0 Å². The van der Waals surface area contributed by atoms with Gasteiger partial charge in [0.1, 0.15) is 11.6 Å². The molecular weight excluding hydrogens is 278 g/mol. The van der Waals surface area contributed by atoms with Crippen LogP contribution in [0.5, 0.6) is 0 Å². The molecule has 114 valence electrons. The van der Waals surface area contributed by atoms with Gasteiger partial charge >= 0.3 is 0 Å². The number of pyridine rings is 1. The Morgan fingerprint density at radius 3 is 3.14 bits per heavy atom. The van der Waals surface area contributed by atoms with Gasteiger partial charge < -0.3 is 14.9 Å². The molecule has 0 aliphatic heterocycles. The molecule has 1 amide bonds. The molecule has 22 heavy (non-hydrogen) atoms. The number of amides is 1. The zero-order valence-electron chi connectivity index (χ0n) is 12.7. The Balaban J connectivity index is 1.66. The number of aryl methyl sites for hydroxylation is 1. The van der Waals surface area contributed by atoms with Crippen molar-refractivity contribution in [1.82, 2.24) is 19.5 Å². The topological polar surface area (TPSA) is 75.6 Å². The minimum absolute atomic E-state index is 0.0503. The highest BCUT2D eigenvalue weighted by atomic mass is 16.1. The lowest BCUT2D eigenvalue weighted by Gasteiger charge is -2.15. The Morgan fingerprint density at radius 2 is 2.32 bits per heavy atom. The number of aromatic nitrogens is 4. The van der Waals surface area contributed by atoms with E-state index in [1.165, 1.54) is 0 Å². The van der Waals surface area contributed by atoms with Gasteiger partial charge in [0.25, 0.3) is 0 Å². The minimum atomic E-state index is -0.0503. The third kappa shape index (κ3) is 2.86. The number of hydrogen-bond donors (Lipinski definition) is 2. The molecule has 2 N–H and O–H groups in total. The van der Waals surface area contributed by atoms with Crippen molar-refractivity contribution in [3.8, 4) is 0 Å². The molecule has 0 radical (unpaired) electrons. The molecule has 0 aliphatic carbocycles. The Labute approximate surface area is 128 Å². The normalized spacial score (nSPS) is 12.5. The van der Waals surface area contributed by atoms with Crippen LogP contribution in [0.4, 0.5) is 5.82 Å². The lowest BCUT2D eigenvalue weighted by Crippen LogP contribution is -2.19. The quantitative estimate of drug-likeness (QED) is 0.760. The standard InChI is InChI=1S/C16H19N5O/c1-3-15-18-6-7-21(15)11(2)8-16(22)20-14-9-12-4-5-17-13(12)10-19-14/h4-7,9-11,17H,3,8H2,1-2H3,(H,19,20,22). The first-order valence-electron chi connectivity index (χ1n) is 7.42. The van der Waals surface area contributed by atoms with Crippen LogP contribution in [0.25, 0.3) is 10.9 Å². The number of rotatable bonds is 5. The average Bonchev–Trinajstić information content (AvgIpc) is 3.15. The Morgan fingerprint density at radius 1 is 1.45 bits per heavy atom. The summed E-state index contributed by atoms with van der Waals surface area (Å²) >= 11 is 0. The summed E-state index contributed by atoms with van der Waals surface area (Å²) in [6.45, 7) is 4.07. The van der Waals surface area contributed by atoms with Crippen molar-refractivity contribution in [2.24, 2.45) is 0 Å². The smallest absolute Gasteiger partial charge is 0.227 e. The van der Waals surface area contributed by atoms with Crippen LogP contribution < -0.4 is 5.32 Å². The number of nitrogens with one attached hydrogen (secondary N) is 2. The maximum atomic E-state index is 12.2. The molecule has 0 saturated carbocycles. The van der Waals surface area contributed by atoms with E-state index in [-0.39, 0.29) is 11.9 Å². The van der Waals surface area contributed by atoms with Crippen molar-refractivity contribution in [1.29, 1.82) is 0 Å². The van der Waals surface area contributed by atoms with E-state index in [2.05, 4.69) is 27.2 Å². The second kappa shape index (κ2) is 6.01. The van der Waals surface area contributed by atoms with E-state index in [0.29, 0.717) is 12.2 Å². The van der Waals surface area contributed by atoms with Gasteiger partial charge in [-0.25, -0.2) is 9.97 Å². The molecule has 3 rings (SSSR count). The summed E-state index contributed by atoms with van der Waals surface area (Å²) in [5, 5.41) is 3.89. The number of H-pyrrole nitrogens is 1. The zero-order valence-corrected chi connectivity index (χ0v) is 12.7. The molecule has 3 aromatic rings. The predicted molar refractivity (Wildman–Crippen MR) is 85.7 cm³/mol. The highest BCUT2D eigenvalue weighted by Gasteiger charge is 2.14. The number of carbonyl (C=O) groups excluding carboxylic acids is 1. The second-order valence-electron chi connectivity index (χ2n) is 5.34. The molecule has 3 aromatic heterocycles. The van der Waals surface area contributed by atoms with E-state index >= 15 is 0 Å². The molecule has 1 atom stereocenters. The van der Waals surface area contributed by atoms with Crippen LogP contribution in [0.1, 0.15) is 32.1 Å². The van der Waals surface area contributed by atoms with E-state index in [1.807, 2.05) is 36.0 Å². The van der Waals surface area contributed by atoms with Crippen molar-refractivity contribution >= 4 is 22.6 Å². The Bertz CT molecular complexity index is 789. The van der Waals surface area contributed by atoms with Crippen LogP contribution in [0.15, 0.2) is 36.9 Å². The number of carbonyl (C=O) groups is 1. The van der Waals surface area contributed by atoms with E-state index < -0.39 is 0 Å². The summed E-state index contributed by atoms with van der Waals surface area (Å²) in [5.74, 6) is 1.52. The SMILES string of the molecule is CCc1nccn1C(C)CC(=O)Nc1cc2cc[nH]c2cn1. The van der Waals surface area contributed by atoms with Gasteiger partial charge in [-0.05, 0) is 19.1 Å². The number of aromatic amines is 1. The molecule has 3 heterocycles. The van der Waals surface area contributed by atoms with Gasteiger partial charge in [0, 0.05) is 42.9 Å². The molecule has 6 nitrogen and oxygen atoms in total. The number of anilines is 1. The fourth-order valence-electron chi connectivity index (χ4n) is 2.60. The first kappa shape index (κ1) is 14.3. The summed E-state index contributed by atoms with van der Waals surface area (Å²) in [6, 6.07) is 3.88. The largest absolute Gasteiger partial charge is 0.360 e. The number of fused-ring (bicyclic) bond motifs is 1. The predicted octanol–water partition coefficient (Wildman–Crippen LogP) is 2.91. The Hall–Kier alpha value is -2.63. The highest BCUT2D eigenvalue weighted by Crippen LogP contribution is 2.17. The van der Waals surface area contributed by atoms with E-state index in [0.717, 1.165) is 23.1 Å². The molecule has 0 fully saturated rings. The third-order valence-electron chi connectivity index (χ3n) is 3.73. The maximum Gasteiger partial charge on any atom is 0.227 e. The molecule has 0 spiro atoms. The third-order valence-corrected chi connectivity index (χ3v) is 3.73. The van der Waals surface area contributed by atoms with Crippen LogP contribution in [-0.4, -0.2) is 25.4 Å². The number of hydrogen-bond acceptors (Lipinski definition) is 3. The first-order valence-corrected chi connectivity index (χ1v) is 7.42. The number of imidazole rings is 1. The van der Waals surface area contributed by atoms with Gasteiger partial charge in [0.2, 0.25) is 5.91 Å². The van der Waals surface area contributed by atoms with Crippen LogP contribution in [0, 0.1) is 0 Å². The molecule has 0 saturated heterocycles. The van der Waals surface area contributed by atoms with Crippen molar-refractivity contribution in [3.63, 3.8) is 0 Å². The molecule has 0 aromatic carbocycles. The van der Waals surface area contributed by atoms with Crippen molar-refractivity contribution in [2.75, 3.05) is 5.32 Å². The van der Waals surface area contributed by atoms with Gasteiger partial charge in [-0.1, -0.05) is 6.92 Å². The first-order chi connectivity index (χ1) is 10.7. The fraction of sp³-hybridized carbons (Fsp3) is 0.312.